The second-order valence-electron chi connectivity index (χ2n) is 14.2. The van der Waals surface area contributed by atoms with Gasteiger partial charge in [-0.1, -0.05) is 54.4 Å². The molecule has 4 saturated carbocycles. The first kappa shape index (κ1) is 29.3. The average molecular weight is 531 g/mol. The number of Topliss-reactive ketones (excluding diaryl/α,β-unsaturated/α-hetero) is 1. The first-order valence-corrected chi connectivity index (χ1v) is 15.0. The molecule has 0 aliphatic heterocycles. The first-order valence-electron chi connectivity index (χ1n) is 15.0. The van der Waals surface area contributed by atoms with Crippen molar-refractivity contribution in [1.29, 1.82) is 0 Å². The van der Waals surface area contributed by atoms with Gasteiger partial charge in [0.25, 0.3) is 0 Å². The zero-order valence-corrected chi connectivity index (χ0v) is 24.9. The number of hydrogen-bond acceptors (Lipinski definition) is 6. The third-order valence-electron chi connectivity index (χ3n) is 12.6. The Kier molecular flexibility index (Phi) is 7.73. The molecule has 6 nitrogen and oxygen atoms in total. The van der Waals surface area contributed by atoms with Crippen molar-refractivity contribution in [3.05, 3.63) is 0 Å². The van der Waals surface area contributed by atoms with E-state index in [1.807, 2.05) is 0 Å². The molecule has 0 spiro atoms. The van der Waals surface area contributed by atoms with Crippen molar-refractivity contribution in [2.75, 3.05) is 0 Å². The summed E-state index contributed by atoms with van der Waals surface area (Å²) in [6, 6.07) is 0. The minimum atomic E-state index is -0.729. The molecule has 0 aromatic carbocycles. The minimum absolute atomic E-state index is 0.0221. The van der Waals surface area contributed by atoms with Crippen LogP contribution in [0.2, 0.25) is 0 Å². The molecule has 4 rings (SSSR count). The third-order valence-corrected chi connectivity index (χ3v) is 12.6. The Morgan fingerprint density at radius 3 is 2.08 bits per heavy atom. The average Bonchev–Trinajstić information content (AvgIpc) is 2.84. The third kappa shape index (κ3) is 4.18. The zero-order chi connectivity index (χ0) is 28.3. The summed E-state index contributed by atoms with van der Waals surface area (Å²) in [6.45, 7) is 16.4. The van der Waals surface area contributed by atoms with E-state index in [0.29, 0.717) is 30.1 Å². The molecular weight excluding hydrogens is 480 g/mol. The van der Waals surface area contributed by atoms with Crippen LogP contribution in [0.25, 0.3) is 0 Å². The van der Waals surface area contributed by atoms with Crippen molar-refractivity contribution < 1.29 is 28.7 Å². The summed E-state index contributed by atoms with van der Waals surface area (Å²) in [5, 5.41) is 0. The van der Waals surface area contributed by atoms with Gasteiger partial charge in [0.1, 0.15) is 24.3 Å². The fraction of sp³-hybridized carbons (Fsp3) is 0.875. The highest BCUT2D eigenvalue weighted by Crippen LogP contribution is 2.74. The molecule has 2 unspecified atom stereocenters. The van der Waals surface area contributed by atoms with Crippen molar-refractivity contribution in [3.63, 3.8) is 0 Å². The Morgan fingerprint density at radius 1 is 0.868 bits per heavy atom. The van der Waals surface area contributed by atoms with Gasteiger partial charge in [-0.25, -0.2) is 0 Å². The topological polar surface area (TPSA) is 86.7 Å². The van der Waals surface area contributed by atoms with Gasteiger partial charge in [-0.05, 0) is 79.4 Å². The maximum atomic E-state index is 13.0. The maximum Gasteiger partial charge on any atom is 0.305 e. The number of carbonyl (C=O) groups excluding carboxylic acids is 4. The van der Waals surface area contributed by atoms with Crippen molar-refractivity contribution in [3.8, 4) is 0 Å². The summed E-state index contributed by atoms with van der Waals surface area (Å²) in [5.74, 6) is -1.37. The molecule has 6 heteroatoms. The highest BCUT2D eigenvalue weighted by atomic mass is 16.5. The second kappa shape index (κ2) is 10.0. The van der Waals surface area contributed by atoms with Crippen molar-refractivity contribution in [1.82, 2.24) is 0 Å². The fourth-order valence-corrected chi connectivity index (χ4v) is 10.7. The summed E-state index contributed by atoms with van der Waals surface area (Å²) in [7, 11) is 0. The van der Waals surface area contributed by atoms with Crippen LogP contribution in [0.15, 0.2) is 0 Å². The number of hydrogen-bond donors (Lipinski definition) is 0. The molecule has 38 heavy (non-hydrogen) atoms. The SMILES string of the molecule is CCC(=O)OC1C[C@H]2[C@]3(C)CC[C@H]4[C@@](C)(CC)CCC[C@]4(C)[C@H]3C[C@H](OC(C)=O)[C@]2(C)[C@@H](C=O)C1C(C)=O. The van der Waals surface area contributed by atoms with Crippen LogP contribution in [0.5, 0.6) is 0 Å². The Labute approximate surface area is 229 Å². The summed E-state index contributed by atoms with van der Waals surface area (Å²) in [5.41, 5.74) is -0.444. The van der Waals surface area contributed by atoms with Gasteiger partial charge in [-0.15, -0.1) is 0 Å². The van der Waals surface area contributed by atoms with E-state index in [9.17, 15) is 19.2 Å². The van der Waals surface area contributed by atoms with Crippen LogP contribution in [0, 0.1) is 51.2 Å². The van der Waals surface area contributed by atoms with Crippen LogP contribution >= 0.6 is 0 Å². The summed E-state index contributed by atoms with van der Waals surface area (Å²) < 4.78 is 12.1. The number of carbonyl (C=O) groups is 4. The van der Waals surface area contributed by atoms with Gasteiger partial charge in [0, 0.05) is 24.7 Å². The van der Waals surface area contributed by atoms with Gasteiger partial charge in [0.2, 0.25) is 0 Å². The molecule has 0 bridgehead atoms. The molecule has 0 radical (unpaired) electrons. The van der Waals surface area contributed by atoms with Gasteiger partial charge >= 0.3 is 11.9 Å². The van der Waals surface area contributed by atoms with E-state index in [0.717, 1.165) is 32.0 Å². The number of rotatable bonds is 6. The Balaban J connectivity index is 1.87. The van der Waals surface area contributed by atoms with Gasteiger partial charge in [0.05, 0.1) is 5.92 Å². The second-order valence-corrected chi connectivity index (χ2v) is 14.2. The number of esters is 2. The number of aldehydes is 1. The molecule has 0 amide bonds. The minimum Gasteiger partial charge on any atom is -0.462 e. The lowest BCUT2D eigenvalue weighted by molar-refractivity contribution is -0.263. The Bertz CT molecular complexity index is 975. The fourth-order valence-electron chi connectivity index (χ4n) is 10.7. The highest BCUT2D eigenvalue weighted by molar-refractivity contribution is 5.83. The zero-order valence-electron chi connectivity index (χ0n) is 24.9. The molecule has 0 aromatic heterocycles. The largest absolute Gasteiger partial charge is 0.462 e. The van der Waals surface area contributed by atoms with E-state index < -0.39 is 29.5 Å². The molecule has 214 valence electrons. The van der Waals surface area contributed by atoms with Crippen LogP contribution < -0.4 is 0 Å². The van der Waals surface area contributed by atoms with E-state index in [1.165, 1.54) is 26.7 Å². The van der Waals surface area contributed by atoms with Gasteiger partial charge in [-0.2, -0.15) is 0 Å². The molecule has 4 aliphatic rings. The molecule has 0 aromatic rings. The first-order chi connectivity index (χ1) is 17.7. The number of ether oxygens (including phenoxy) is 2. The lowest BCUT2D eigenvalue weighted by Gasteiger charge is -2.71. The summed E-state index contributed by atoms with van der Waals surface area (Å²) >= 11 is 0. The Hall–Kier alpha value is -1.72. The molecular formula is C32H50O6. The van der Waals surface area contributed by atoms with Crippen molar-refractivity contribution >= 4 is 24.0 Å². The molecule has 4 fully saturated rings. The lowest BCUT2D eigenvalue weighted by Crippen LogP contribution is -2.70. The van der Waals surface area contributed by atoms with E-state index in [2.05, 4.69) is 34.6 Å². The van der Waals surface area contributed by atoms with Gasteiger partial charge < -0.3 is 14.3 Å². The number of fused-ring (bicyclic) bond motifs is 5. The van der Waals surface area contributed by atoms with Crippen LogP contribution in [0.4, 0.5) is 0 Å². The normalized spacial score (nSPS) is 48.1. The maximum absolute atomic E-state index is 13.0. The van der Waals surface area contributed by atoms with Crippen LogP contribution in [-0.2, 0) is 28.7 Å². The van der Waals surface area contributed by atoms with E-state index in [-0.39, 0.29) is 40.9 Å². The monoisotopic (exact) mass is 530 g/mol. The van der Waals surface area contributed by atoms with E-state index in [4.69, 9.17) is 9.47 Å². The quantitative estimate of drug-likeness (QED) is 0.295. The molecule has 0 heterocycles. The summed E-state index contributed by atoms with van der Waals surface area (Å²) in [4.78, 5) is 51.0. The van der Waals surface area contributed by atoms with Crippen LogP contribution in [0.1, 0.15) is 113 Å². The van der Waals surface area contributed by atoms with Gasteiger partial charge in [0.15, 0.2) is 0 Å². The predicted octanol–water partition coefficient (Wildman–Crippen LogP) is 6.33. The predicted molar refractivity (Wildman–Crippen MR) is 145 cm³/mol. The van der Waals surface area contributed by atoms with E-state index in [1.54, 1.807) is 6.92 Å². The van der Waals surface area contributed by atoms with Crippen molar-refractivity contribution in [2.24, 2.45) is 51.2 Å². The number of ketones is 1. The van der Waals surface area contributed by atoms with Crippen LogP contribution in [-0.4, -0.2) is 36.2 Å². The van der Waals surface area contributed by atoms with E-state index >= 15 is 0 Å². The Morgan fingerprint density at radius 2 is 1.53 bits per heavy atom. The lowest BCUT2D eigenvalue weighted by atomic mass is 9.33. The standard InChI is InChI=1S/C32H50O6/c1-9-27(36)38-22-16-25-31(7)15-12-23-29(5,10-2)13-11-14-30(23,6)24(31)17-26(37-20(4)35)32(25,8)21(18-33)28(22)19(3)34/h18,21-26,28H,9-17H2,1-8H3/t21-,22?,23-,24+,25-,26-,28?,29-,30-,31+,32+/m0/s1. The molecule has 0 saturated heterocycles. The molecule has 0 N–H and O–H groups in total. The smallest absolute Gasteiger partial charge is 0.305 e. The molecule has 11 atom stereocenters. The van der Waals surface area contributed by atoms with Crippen LogP contribution in [0.3, 0.4) is 0 Å². The molecule has 4 aliphatic carbocycles. The van der Waals surface area contributed by atoms with Gasteiger partial charge in [-0.3, -0.25) is 14.4 Å². The summed E-state index contributed by atoms with van der Waals surface area (Å²) in [6.07, 6.45) is 8.19. The van der Waals surface area contributed by atoms with Crippen molar-refractivity contribution in [2.45, 2.75) is 125 Å². The highest BCUT2D eigenvalue weighted by Gasteiger charge is 2.71.